The summed E-state index contributed by atoms with van der Waals surface area (Å²) in [6.45, 7) is 5.94. The fourth-order valence-electron chi connectivity index (χ4n) is 1.47. The van der Waals surface area contributed by atoms with Crippen molar-refractivity contribution in [2.24, 2.45) is 0 Å². The second-order valence-corrected chi connectivity index (χ2v) is 3.91. The Morgan fingerprint density at radius 1 is 1.38 bits per heavy atom. The Bertz CT molecular complexity index is 462. The monoisotopic (exact) mass is 217 g/mol. The van der Waals surface area contributed by atoms with E-state index in [1.54, 1.807) is 17.1 Å². The second-order valence-electron chi connectivity index (χ2n) is 3.91. The average molecular weight is 217 g/mol. The van der Waals surface area contributed by atoms with Crippen LogP contribution in [0.3, 0.4) is 0 Å². The summed E-state index contributed by atoms with van der Waals surface area (Å²) in [5, 5.41) is 4.39. The van der Waals surface area contributed by atoms with Crippen LogP contribution in [0.25, 0.3) is 5.69 Å². The lowest BCUT2D eigenvalue weighted by Crippen LogP contribution is -2.10. The van der Waals surface area contributed by atoms with Gasteiger partial charge in [-0.1, -0.05) is 0 Å². The van der Waals surface area contributed by atoms with Crippen LogP contribution in [0.4, 0.5) is 0 Å². The van der Waals surface area contributed by atoms with Crippen molar-refractivity contribution < 1.29 is 4.74 Å². The third-order valence-corrected chi connectivity index (χ3v) is 2.05. The molecule has 2 rings (SSSR count). The van der Waals surface area contributed by atoms with Crippen molar-refractivity contribution in [3.63, 3.8) is 0 Å². The molecule has 0 radical (unpaired) electrons. The van der Waals surface area contributed by atoms with Crippen LogP contribution in [0.2, 0.25) is 0 Å². The number of hydrogen-bond acceptors (Lipinski definition) is 3. The summed E-state index contributed by atoms with van der Waals surface area (Å²) in [4.78, 5) is 4.07. The van der Waals surface area contributed by atoms with Gasteiger partial charge < -0.3 is 4.74 Å². The van der Waals surface area contributed by atoms with Gasteiger partial charge in [0.1, 0.15) is 0 Å². The number of nitrogens with zero attached hydrogens (tertiary/aromatic N) is 3. The van der Waals surface area contributed by atoms with Gasteiger partial charge in [0.05, 0.1) is 23.7 Å². The Morgan fingerprint density at radius 3 is 2.81 bits per heavy atom. The van der Waals surface area contributed by atoms with Crippen LogP contribution in [0.5, 0.6) is 5.88 Å². The molecule has 2 aromatic rings. The summed E-state index contributed by atoms with van der Waals surface area (Å²) in [7, 11) is 0. The van der Waals surface area contributed by atoms with Crippen LogP contribution in [0, 0.1) is 6.92 Å². The minimum absolute atomic E-state index is 0.131. The summed E-state index contributed by atoms with van der Waals surface area (Å²) in [6, 6.07) is 5.76. The SMILES string of the molecule is Cc1cc(OC(C)C)n(-c2cccnc2)n1. The van der Waals surface area contributed by atoms with E-state index < -0.39 is 0 Å². The van der Waals surface area contributed by atoms with Gasteiger partial charge in [-0.15, -0.1) is 0 Å². The van der Waals surface area contributed by atoms with Crippen molar-refractivity contribution in [3.8, 4) is 11.6 Å². The van der Waals surface area contributed by atoms with Crippen LogP contribution in [-0.2, 0) is 0 Å². The lowest BCUT2D eigenvalue weighted by atomic mass is 10.4. The number of aryl methyl sites for hydroxylation is 1. The number of aromatic nitrogens is 3. The molecule has 4 heteroatoms. The van der Waals surface area contributed by atoms with E-state index in [0.29, 0.717) is 0 Å². The molecule has 0 N–H and O–H groups in total. The van der Waals surface area contributed by atoms with Gasteiger partial charge in [-0.3, -0.25) is 4.98 Å². The van der Waals surface area contributed by atoms with E-state index in [-0.39, 0.29) is 6.10 Å². The van der Waals surface area contributed by atoms with E-state index in [1.807, 2.05) is 39.0 Å². The largest absolute Gasteiger partial charge is 0.475 e. The lowest BCUT2D eigenvalue weighted by molar-refractivity contribution is 0.226. The maximum Gasteiger partial charge on any atom is 0.217 e. The highest BCUT2D eigenvalue weighted by atomic mass is 16.5. The summed E-state index contributed by atoms with van der Waals surface area (Å²) < 4.78 is 7.46. The first-order valence-electron chi connectivity index (χ1n) is 5.30. The molecule has 0 atom stereocenters. The van der Waals surface area contributed by atoms with Gasteiger partial charge in [-0.05, 0) is 32.9 Å². The van der Waals surface area contributed by atoms with Crippen molar-refractivity contribution >= 4 is 0 Å². The molecule has 0 fully saturated rings. The van der Waals surface area contributed by atoms with Crippen LogP contribution in [0.15, 0.2) is 30.6 Å². The second kappa shape index (κ2) is 4.35. The Morgan fingerprint density at radius 2 is 2.19 bits per heavy atom. The molecule has 0 amide bonds. The molecule has 0 aromatic carbocycles. The van der Waals surface area contributed by atoms with E-state index >= 15 is 0 Å². The molecule has 0 spiro atoms. The number of hydrogen-bond donors (Lipinski definition) is 0. The Labute approximate surface area is 94.9 Å². The van der Waals surface area contributed by atoms with Gasteiger partial charge in [-0.25, -0.2) is 0 Å². The molecular formula is C12H15N3O. The molecule has 0 aliphatic rings. The molecule has 0 aliphatic carbocycles. The molecule has 0 aliphatic heterocycles. The molecule has 0 saturated heterocycles. The molecule has 0 unspecified atom stereocenters. The van der Waals surface area contributed by atoms with Crippen LogP contribution in [-0.4, -0.2) is 20.9 Å². The molecule has 84 valence electrons. The topological polar surface area (TPSA) is 39.9 Å². The predicted molar refractivity (Wildman–Crippen MR) is 61.9 cm³/mol. The first kappa shape index (κ1) is 10.7. The summed E-state index contributed by atoms with van der Waals surface area (Å²) in [5.74, 6) is 0.750. The van der Waals surface area contributed by atoms with E-state index in [2.05, 4.69) is 10.1 Å². The Hall–Kier alpha value is -1.84. The smallest absolute Gasteiger partial charge is 0.217 e. The van der Waals surface area contributed by atoms with Gasteiger partial charge in [0.2, 0.25) is 5.88 Å². The lowest BCUT2D eigenvalue weighted by Gasteiger charge is -2.11. The number of rotatable bonds is 3. The van der Waals surface area contributed by atoms with Gasteiger partial charge in [0.15, 0.2) is 0 Å². The molecule has 2 heterocycles. The fraction of sp³-hybridized carbons (Fsp3) is 0.333. The number of pyridine rings is 1. The average Bonchev–Trinajstić information content (AvgIpc) is 2.60. The molecule has 2 aromatic heterocycles. The standard InChI is InChI=1S/C12H15N3O/c1-9(2)16-12-7-10(3)14-15(12)11-5-4-6-13-8-11/h4-9H,1-3H3. The van der Waals surface area contributed by atoms with Gasteiger partial charge >= 0.3 is 0 Å². The van der Waals surface area contributed by atoms with Crippen molar-refractivity contribution in [1.82, 2.24) is 14.8 Å². The van der Waals surface area contributed by atoms with Crippen LogP contribution < -0.4 is 4.74 Å². The molecule has 0 saturated carbocycles. The highest BCUT2D eigenvalue weighted by Gasteiger charge is 2.09. The molecular weight excluding hydrogens is 202 g/mol. The highest BCUT2D eigenvalue weighted by Crippen LogP contribution is 2.19. The summed E-state index contributed by atoms with van der Waals surface area (Å²) in [5.41, 5.74) is 1.84. The maximum absolute atomic E-state index is 5.69. The van der Waals surface area contributed by atoms with E-state index in [4.69, 9.17) is 4.74 Å². The first-order chi connectivity index (χ1) is 7.66. The zero-order chi connectivity index (χ0) is 11.5. The summed E-state index contributed by atoms with van der Waals surface area (Å²) in [6.07, 6.45) is 3.63. The normalized spacial score (nSPS) is 10.8. The maximum atomic E-state index is 5.69. The predicted octanol–water partition coefficient (Wildman–Crippen LogP) is 2.36. The van der Waals surface area contributed by atoms with Crippen molar-refractivity contribution in [2.45, 2.75) is 26.9 Å². The Kier molecular flexibility index (Phi) is 2.90. The van der Waals surface area contributed by atoms with Gasteiger partial charge in [0, 0.05) is 12.3 Å². The third kappa shape index (κ3) is 2.21. The fourth-order valence-corrected chi connectivity index (χ4v) is 1.47. The highest BCUT2D eigenvalue weighted by molar-refractivity contribution is 5.33. The van der Waals surface area contributed by atoms with Crippen LogP contribution >= 0.6 is 0 Å². The Balaban J connectivity index is 2.40. The minimum atomic E-state index is 0.131. The van der Waals surface area contributed by atoms with Crippen molar-refractivity contribution in [2.75, 3.05) is 0 Å². The van der Waals surface area contributed by atoms with Crippen molar-refractivity contribution in [1.29, 1.82) is 0 Å². The molecule has 4 nitrogen and oxygen atoms in total. The minimum Gasteiger partial charge on any atom is -0.475 e. The number of ether oxygens (including phenoxy) is 1. The third-order valence-electron chi connectivity index (χ3n) is 2.05. The first-order valence-corrected chi connectivity index (χ1v) is 5.30. The van der Waals surface area contributed by atoms with Gasteiger partial charge in [-0.2, -0.15) is 9.78 Å². The molecule has 0 bridgehead atoms. The van der Waals surface area contributed by atoms with E-state index in [1.165, 1.54) is 0 Å². The van der Waals surface area contributed by atoms with Crippen LogP contribution in [0.1, 0.15) is 19.5 Å². The van der Waals surface area contributed by atoms with E-state index in [0.717, 1.165) is 17.3 Å². The zero-order valence-corrected chi connectivity index (χ0v) is 9.71. The van der Waals surface area contributed by atoms with E-state index in [9.17, 15) is 0 Å². The van der Waals surface area contributed by atoms with Gasteiger partial charge in [0.25, 0.3) is 0 Å². The summed E-state index contributed by atoms with van der Waals surface area (Å²) >= 11 is 0. The molecule has 16 heavy (non-hydrogen) atoms. The zero-order valence-electron chi connectivity index (χ0n) is 9.71. The quantitative estimate of drug-likeness (QED) is 0.792. The van der Waals surface area contributed by atoms with Crippen molar-refractivity contribution in [3.05, 3.63) is 36.3 Å².